The summed E-state index contributed by atoms with van der Waals surface area (Å²) < 4.78 is 5.39. The maximum absolute atomic E-state index is 10.7. The number of carboxylic acids is 1. The molecule has 0 aliphatic heterocycles. The summed E-state index contributed by atoms with van der Waals surface area (Å²) in [6.07, 6.45) is 0.891. The second-order valence-corrected chi connectivity index (χ2v) is 4.34. The van der Waals surface area contributed by atoms with Gasteiger partial charge in [0.1, 0.15) is 5.75 Å². The molecule has 1 aromatic rings. The summed E-state index contributed by atoms with van der Waals surface area (Å²) in [5.41, 5.74) is 0. The van der Waals surface area contributed by atoms with Crippen LogP contribution in [-0.4, -0.2) is 43.2 Å². The van der Waals surface area contributed by atoms with Gasteiger partial charge < -0.3 is 14.7 Å². The molecule has 0 aliphatic rings. The Kier molecular flexibility index (Phi) is 4.58. The van der Waals surface area contributed by atoms with Crippen LogP contribution in [0.5, 0.6) is 5.75 Å². The third-order valence-electron chi connectivity index (χ3n) is 1.83. The van der Waals surface area contributed by atoms with Crippen LogP contribution < -0.4 is 4.74 Å². The van der Waals surface area contributed by atoms with E-state index < -0.39 is 5.97 Å². The predicted octanol–water partition coefficient (Wildman–Crippen LogP) is 1.78. The fraction of sp³-hybridized carbons (Fsp3) is 0.500. The van der Waals surface area contributed by atoms with Crippen molar-refractivity contribution in [3.63, 3.8) is 0 Å². The summed E-state index contributed by atoms with van der Waals surface area (Å²) in [5.74, 6) is -0.445. The molecule has 0 saturated carbocycles. The van der Waals surface area contributed by atoms with E-state index in [0.29, 0.717) is 12.4 Å². The smallest absolute Gasteiger partial charge is 0.349 e. The largest absolute Gasteiger partial charge is 0.492 e. The summed E-state index contributed by atoms with van der Waals surface area (Å²) in [7, 11) is 3.99. The van der Waals surface area contributed by atoms with E-state index >= 15 is 0 Å². The van der Waals surface area contributed by atoms with Crippen molar-refractivity contribution in [3.05, 3.63) is 16.3 Å². The molecular weight excluding hydrogens is 214 g/mol. The molecule has 0 amide bonds. The van der Waals surface area contributed by atoms with Gasteiger partial charge in [0, 0.05) is 6.54 Å². The normalized spacial score (nSPS) is 10.6. The molecule has 1 N–H and O–H groups in total. The van der Waals surface area contributed by atoms with Gasteiger partial charge in [0.15, 0.2) is 4.88 Å². The zero-order valence-corrected chi connectivity index (χ0v) is 9.71. The van der Waals surface area contributed by atoms with Gasteiger partial charge in [0.25, 0.3) is 0 Å². The number of ether oxygens (including phenoxy) is 1. The maximum Gasteiger partial charge on any atom is 0.349 e. The van der Waals surface area contributed by atoms with Crippen molar-refractivity contribution < 1.29 is 14.6 Å². The summed E-state index contributed by atoms with van der Waals surface area (Å²) in [4.78, 5) is 13.1. The number of aromatic carboxylic acids is 1. The molecule has 1 rings (SSSR count). The number of hydrogen-bond acceptors (Lipinski definition) is 4. The fourth-order valence-corrected chi connectivity index (χ4v) is 1.80. The first-order valence-electron chi connectivity index (χ1n) is 4.69. The highest BCUT2D eigenvalue weighted by Crippen LogP contribution is 2.24. The van der Waals surface area contributed by atoms with Crippen LogP contribution in [0.3, 0.4) is 0 Å². The first-order valence-corrected chi connectivity index (χ1v) is 5.57. The lowest BCUT2D eigenvalue weighted by Crippen LogP contribution is -2.15. The lowest BCUT2D eigenvalue weighted by molar-refractivity contribution is 0.0698. The Morgan fingerprint density at radius 3 is 2.93 bits per heavy atom. The third kappa shape index (κ3) is 3.89. The van der Waals surface area contributed by atoms with E-state index in [2.05, 4.69) is 4.90 Å². The lowest BCUT2D eigenvalue weighted by Gasteiger charge is -2.09. The van der Waals surface area contributed by atoms with Crippen LogP contribution in [0.4, 0.5) is 0 Å². The van der Waals surface area contributed by atoms with Gasteiger partial charge in [-0.3, -0.25) is 0 Å². The monoisotopic (exact) mass is 229 g/mol. The van der Waals surface area contributed by atoms with Gasteiger partial charge in [-0.1, -0.05) is 0 Å². The van der Waals surface area contributed by atoms with Gasteiger partial charge >= 0.3 is 5.97 Å². The SMILES string of the molecule is CN(C)CCCOc1ccsc1C(=O)O. The molecule has 4 nitrogen and oxygen atoms in total. The highest BCUT2D eigenvalue weighted by molar-refractivity contribution is 7.12. The van der Waals surface area contributed by atoms with Crippen LogP contribution in [0.25, 0.3) is 0 Å². The van der Waals surface area contributed by atoms with E-state index in [0.717, 1.165) is 13.0 Å². The summed E-state index contributed by atoms with van der Waals surface area (Å²) in [5, 5.41) is 10.5. The van der Waals surface area contributed by atoms with E-state index in [1.54, 1.807) is 11.4 Å². The van der Waals surface area contributed by atoms with Gasteiger partial charge in [0.05, 0.1) is 6.61 Å². The second kappa shape index (κ2) is 5.72. The van der Waals surface area contributed by atoms with Crippen LogP contribution in [0, 0.1) is 0 Å². The Hall–Kier alpha value is -1.07. The van der Waals surface area contributed by atoms with Crippen molar-refractivity contribution in [2.75, 3.05) is 27.2 Å². The molecule has 15 heavy (non-hydrogen) atoms. The minimum absolute atomic E-state index is 0.278. The molecule has 0 spiro atoms. The average Bonchev–Trinajstić information content (AvgIpc) is 2.60. The quantitative estimate of drug-likeness (QED) is 0.755. The van der Waals surface area contributed by atoms with Crippen LogP contribution in [0.2, 0.25) is 0 Å². The molecule has 0 aliphatic carbocycles. The van der Waals surface area contributed by atoms with Crippen LogP contribution in [0.1, 0.15) is 16.1 Å². The van der Waals surface area contributed by atoms with E-state index in [4.69, 9.17) is 9.84 Å². The predicted molar refractivity (Wildman–Crippen MR) is 59.9 cm³/mol. The van der Waals surface area contributed by atoms with Crippen molar-refractivity contribution in [1.82, 2.24) is 4.90 Å². The first-order chi connectivity index (χ1) is 7.11. The standard InChI is InChI=1S/C10H15NO3S/c1-11(2)5-3-6-14-8-4-7-15-9(8)10(12)13/h4,7H,3,5-6H2,1-2H3,(H,12,13). The van der Waals surface area contributed by atoms with Gasteiger partial charge in [-0.25, -0.2) is 4.79 Å². The van der Waals surface area contributed by atoms with Crippen LogP contribution in [-0.2, 0) is 0 Å². The first kappa shape index (κ1) is 12.0. The summed E-state index contributed by atoms with van der Waals surface area (Å²) in [6, 6.07) is 1.70. The topological polar surface area (TPSA) is 49.8 Å². The number of hydrogen-bond donors (Lipinski definition) is 1. The molecule has 0 saturated heterocycles. The van der Waals surface area contributed by atoms with Crippen molar-refractivity contribution in [1.29, 1.82) is 0 Å². The molecule has 0 radical (unpaired) electrons. The molecule has 0 aromatic carbocycles. The minimum Gasteiger partial charge on any atom is -0.492 e. The van der Waals surface area contributed by atoms with Crippen LogP contribution >= 0.6 is 11.3 Å². The van der Waals surface area contributed by atoms with Crippen LogP contribution in [0.15, 0.2) is 11.4 Å². The van der Waals surface area contributed by atoms with Crippen molar-refractivity contribution in [3.8, 4) is 5.75 Å². The Balaban J connectivity index is 2.37. The van der Waals surface area contributed by atoms with E-state index in [9.17, 15) is 4.79 Å². The van der Waals surface area contributed by atoms with Crippen molar-refractivity contribution in [2.45, 2.75) is 6.42 Å². The van der Waals surface area contributed by atoms with Gasteiger partial charge in [-0.05, 0) is 32.0 Å². The van der Waals surface area contributed by atoms with E-state index in [1.807, 2.05) is 14.1 Å². The Morgan fingerprint density at radius 1 is 1.60 bits per heavy atom. The maximum atomic E-state index is 10.7. The minimum atomic E-state index is -0.924. The Labute approximate surface area is 93.1 Å². The zero-order chi connectivity index (χ0) is 11.3. The molecular formula is C10H15NO3S. The number of carbonyl (C=O) groups is 1. The Bertz CT molecular complexity index is 322. The molecule has 0 fully saturated rings. The van der Waals surface area contributed by atoms with E-state index in [1.165, 1.54) is 11.3 Å². The highest BCUT2D eigenvalue weighted by atomic mass is 32.1. The second-order valence-electron chi connectivity index (χ2n) is 3.42. The lowest BCUT2D eigenvalue weighted by atomic mass is 10.4. The summed E-state index contributed by atoms with van der Waals surface area (Å²) >= 11 is 1.19. The Morgan fingerprint density at radius 2 is 2.33 bits per heavy atom. The molecule has 5 heteroatoms. The number of nitrogens with zero attached hydrogens (tertiary/aromatic N) is 1. The number of carboxylic acid groups (broad SMARTS) is 1. The molecule has 0 unspecified atom stereocenters. The van der Waals surface area contributed by atoms with Gasteiger partial charge in [-0.15, -0.1) is 11.3 Å². The molecule has 1 aromatic heterocycles. The third-order valence-corrected chi connectivity index (χ3v) is 2.71. The zero-order valence-electron chi connectivity index (χ0n) is 8.90. The van der Waals surface area contributed by atoms with E-state index in [-0.39, 0.29) is 4.88 Å². The molecule has 84 valence electrons. The van der Waals surface area contributed by atoms with Crippen molar-refractivity contribution in [2.24, 2.45) is 0 Å². The fourth-order valence-electron chi connectivity index (χ4n) is 1.13. The number of thiophene rings is 1. The van der Waals surface area contributed by atoms with Gasteiger partial charge in [0.2, 0.25) is 0 Å². The number of rotatable bonds is 6. The molecule has 0 bridgehead atoms. The molecule has 1 heterocycles. The van der Waals surface area contributed by atoms with Crippen molar-refractivity contribution >= 4 is 17.3 Å². The molecule has 0 atom stereocenters. The average molecular weight is 229 g/mol. The summed E-state index contributed by atoms with van der Waals surface area (Å²) in [6.45, 7) is 1.49. The highest BCUT2D eigenvalue weighted by Gasteiger charge is 2.12. The van der Waals surface area contributed by atoms with Gasteiger partial charge in [-0.2, -0.15) is 0 Å².